The molecule has 0 saturated carbocycles. The third-order valence-electron chi connectivity index (χ3n) is 3.14. The van der Waals surface area contributed by atoms with Gasteiger partial charge >= 0.3 is 12.2 Å². The Labute approximate surface area is 140 Å². The van der Waals surface area contributed by atoms with Gasteiger partial charge < -0.3 is 9.84 Å². The van der Waals surface area contributed by atoms with Gasteiger partial charge in [-0.2, -0.15) is 0 Å². The number of nitrogens with zero attached hydrogens (tertiary/aromatic N) is 2. The lowest BCUT2D eigenvalue weighted by Gasteiger charge is -2.24. The van der Waals surface area contributed by atoms with Gasteiger partial charge in [0.1, 0.15) is 5.60 Å². The molecule has 2 amide bonds. The lowest BCUT2D eigenvalue weighted by atomic mass is 10.1. The minimum Gasteiger partial charge on any atom is -0.465 e. The maximum Gasteiger partial charge on any atom is 0.414 e. The molecule has 130 valence electrons. The van der Waals surface area contributed by atoms with Crippen molar-refractivity contribution in [3.8, 4) is 0 Å². The molecule has 3 N–H and O–H groups in total. The predicted octanol–water partition coefficient (Wildman–Crippen LogP) is 2.50. The van der Waals surface area contributed by atoms with Crippen LogP contribution in [0.3, 0.4) is 0 Å². The van der Waals surface area contributed by atoms with E-state index >= 15 is 0 Å². The van der Waals surface area contributed by atoms with Gasteiger partial charge in [-0.15, -0.1) is 5.10 Å². The van der Waals surface area contributed by atoms with Gasteiger partial charge in [-0.05, 0) is 51.3 Å². The SMILES string of the molecule is CC(C)(C)OC(=O)N/C(=N\N1CCCc2ccc1cc2)NC(=O)O. The second-order valence-corrected chi connectivity index (χ2v) is 6.40. The van der Waals surface area contributed by atoms with Gasteiger partial charge in [0.2, 0.25) is 5.96 Å². The molecule has 0 saturated heterocycles. The number of ether oxygens (including phenoxy) is 1. The molecule has 0 spiro atoms. The van der Waals surface area contributed by atoms with Gasteiger partial charge in [-0.3, -0.25) is 15.6 Å². The highest BCUT2D eigenvalue weighted by molar-refractivity contribution is 6.01. The van der Waals surface area contributed by atoms with Crippen LogP contribution in [0.25, 0.3) is 0 Å². The first-order chi connectivity index (χ1) is 11.2. The van der Waals surface area contributed by atoms with Crippen molar-refractivity contribution in [1.82, 2.24) is 10.6 Å². The number of fused-ring (bicyclic) bond motifs is 5. The lowest BCUT2D eigenvalue weighted by Crippen LogP contribution is -2.46. The van der Waals surface area contributed by atoms with Crippen LogP contribution < -0.4 is 15.6 Å². The second-order valence-electron chi connectivity index (χ2n) is 6.40. The Morgan fingerprint density at radius 1 is 1.21 bits per heavy atom. The number of rotatable bonds is 1. The van der Waals surface area contributed by atoms with Crippen LogP contribution in [0, 0.1) is 0 Å². The Morgan fingerprint density at radius 2 is 1.88 bits per heavy atom. The molecule has 2 heterocycles. The summed E-state index contributed by atoms with van der Waals surface area (Å²) in [6.07, 6.45) is -0.332. The number of hydrazone groups is 1. The third kappa shape index (κ3) is 5.45. The minimum absolute atomic E-state index is 0.207. The topological polar surface area (TPSA) is 103 Å². The first-order valence-electron chi connectivity index (χ1n) is 7.68. The number of anilines is 1. The molecular weight excluding hydrogens is 312 g/mol. The van der Waals surface area contributed by atoms with Crippen molar-refractivity contribution in [2.24, 2.45) is 5.10 Å². The molecule has 0 aromatic heterocycles. The number of aryl methyl sites for hydroxylation is 1. The number of carboxylic acid groups (broad SMARTS) is 1. The first kappa shape index (κ1) is 17.6. The van der Waals surface area contributed by atoms with Gasteiger partial charge in [0, 0.05) is 6.54 Å². The van der Waals surface area contributed by atoms with Crippen LogP contribution in [0.2, 0.25) is 0 Å². The Hall–Kier alpha value is -2.77. The number of hydrogen-bond acceptors (Lipinski definition) is 5. The summed E-state index contributed by atoms with van der Waals surface area (Å²) in [5.41, 5.74) is 1.36. The van der Waals surface area contributed by atoms with Gasteiger partial charge in [0.15, 0.2) is 0 Å². The molecule has 8 heteroatoms. The second kappa shape index (κ2) is 7.20. The van der Waals surface area contributed by atoms with Crippen LogP contribution in [-0.2, 0) is 11.2 Å². The molecule has 2 bridgehead atoms. The third-order valence-corrected chi connectivity index (χ3v) is 3.14. The average molecular weight is 334 g/mol. The Kier molecular flexibility index (Phi) is 5.28. The Morgan fingerprint density at radius 3 is 2.46 bits per heavy atom. The van der Waals surface area contributed by atoms with E-state index in [9.17, 15) is 9.59 Å². The molecular formula is C16H22N4O4. The molecule has 8 nitrogen and oxygen atoms in total. The van der Waals surface area contributed by atoms with E-state index in [0.29, 0.717) is 6.54 Å². The molecule has 2 aliphatic rings. The summed E-state index contributed by atoms with van der Waals surface area (Å²) >= 11 is 0. The van der Waals surface area contributed by atoms with Crippen molar-refractivity contribution in [2.45, 2.75) is 39.2 Å². The quantitative estimate of drug-likeness (QED) is 0.541. The van der Waals surface area contributed by atoms with E-state index in [0.717, 1.165) is 18.5 Å². The van der Waals surface area contributed by atoms with E-state index in [-0.39, 0.29) is 5.96 Å². The van der Waals surface area contributed by atoms with E-state index in [2.05, 4.69) is 15.7 Å². The van der Waals surface area contributed by atoms with Crippen molar-refractivity contribution >= 4 is 23.8 Å². The van der Waals surface area contributed by atoms with Crippen molar-refractivity contribution in [3.63, 3.8) is 0 Å². The number of carbonyl (C=O) groups excluding carboxylic acids is 1. The summed E-state index contributed by atoms with van der Waals surface area (Å²) in [5, 5.41) is 19.2. The summed E-state index contributed by atoms with van der Waals surface area (Å²) in [4.78, 5) is 22.8. The van der Waals surface area contributed by atoms with E-state index in [1.165, 1.54) is 5.56 Å². The molecule has 24 heavy (non-hydrogen) atoms. The summed E-state index contributed by atoms with van der Waals surface area (Å²) in [6.45, 7) is 5.75. The number of amides is 2. The lowest BCUT2D eigenvalue weighted by molar-refractivity contribution is 0.0561. The van der Waals surface area contributed by atoms with Gasteiger partial charge in [0.25, 0.3) is 0 Å². The molecule has 1 aromatic carbocycles. The molecule has 1 aromatic rings. The number of guanidine groups is 1. The summed E-state index contributed by atoms with van der Waals surface area (Å²) < 4.78 is 5.12. The van der Waals surface area contributed by atoms with Crippen LogP contribution in [0.4, 0.5) is 15.3 Å². The molecule has 2 aliphatic heterocycles. The molecule has 0 radical (unpaired) electrons. The molecule has 0 atom stereocenters. The normalized spacial score (nSPS) is 14.6. The molecule has 0 fully saturated rings. The van der Waals surface area contributed by atoms with Crippen LogP contribution in [-0.4, -0.2) is 35.4 Å². The van der Waals surface area contributed by atoms with E-state index in [4.69, 9.17) is 9.84 Å². The van der Waals surface area contributed by atoms with Crippen LogP contribution in [0.15, 0.2) is 29.4 Å². The Bertz CT molecular complexity index is 634. The largest absolute Gasteiger partial charge is 0.465 e. The van der Waals surface area contributed by atoms with Crippen LogP contribution in [0.5, 0.6) is 0 Å². The maximum absolute atomic E-state index is 11.9. The summed E-state index contributed by atoms with van der Waals surface area (Å²) in [5.74, 6) is -0.207. The zero-order valence-corrected chi connectivity index (χ0v) is 14.0. The van der Waals surface area contributed by atoms with Crippen molar-refractivity contribution in [2.75, 3.05) is 11.6 Å². The number of nitrogens with one attached hydrogen (secondary N) is 2. The smallest absolute Gasteiger partial charge is 0.414 e. The highest BCUT2D eigenvalue weighted by Crippen LogP contribution is 2.20. The fraction of sp³-hybridized carbons (Fsp3) is 0.438. The summed E-state index contributed by atoms with van der Waals surface area (Å²) in [7, 11) is 0. The minimum atomic E-state index is -1.33. The van der Waals surface area contributed by atoms with Crippen molar-refractivity contribution < 1.29 is 19.4 Å². The highest BCUT2D eigenvalue weighted by atomic mass is 16.6. The number of benzene rings is 1. The average Bonchev–Trinajstić information content (AvgIpc) is 2.40. The standard InChI is InChI=1S/C16H22N4O4/c1-16(2,3)24-15(23)18-13(17-14(21)22)19-20-10-4-5-11-6-8-12(20)9-7-11/h6-9H,4-5,10H2,1-3H3,(H,21,22)(H2,17,18,19,23). The predicted molar refractivity (Wildman–Crippen MR) is 90.1 cm³/mol. The van der Waals surface area contributed by atoms with Gasteiger partial charge in [-0.25, -0.2) is 9.59 Å². The van der Waals surface area contributed by atoms with Gasteiger partial charge in [0.05, 0.1) is 5.69 Å². The van der Waals surface area contributed by atoms with E-state index in [1.54, 1.807) is 25.8 Å². The molecule has 0 aliphatic carbocycles. The zero-order chi connectivity index (χ0) is 17.7. The number of hydrogen-bond donors (Lipinski definition) is 3. The number of carbonyl (C=O) groups is 2. The van der Waals surface area contributed by atoms with Gasteiger partial charge in [-0.1, -0.05) is 12.1 Å². The Balaban J connectivity index is 2.19. The van der Waals surface area contributed by atoms with E-state index < -0.39 is 17.8 Å². The highest BCUT2D eigenvalue weighted by Gasteiger charge is 2.19. The first-order valence-corrected chi connectivity index (χ1v) is 7.68. The van der Waals surface area contributed by atoms with E-state index in [1.807, 2.05) is 24.3 Å². The van der Waals surface area contributed by atoms with Crippen molar-refractivity contribution in [1.29, 1.82) is 0 Å². The number of alkyl carbamates (subject to hydrolysis) is 1. The van der Waals surface area contributed by atoms with Crippen LogP contribution >= 0.6 is 0 Å². The van der Waals surface area contributed by atoms with Crippen molar-refractivity contribution in [3.05, 3.63) is 29.8 Å². The fourth-order valence-corrected chi connectivity index (χ4v) is 2.21. The molecule has 3 rings (SSSR count). The zero-order valence-electron chi connectivity index (χ0n) is 14.0. The monoisotopic (exact) mass is 334 g/mol. The maximum atomic E-state index is 11.9. The van der Waals surface area contributed by atoms with Crippen LogP contribution in [0.1, 0.15) is 32.8 Å². The fourth-order valence-electron chi connectivity index (χ4n) is 2.21. The molecule has 0 unspecified atom stereocenters. The summed E-state index contributed by atoms with van der Waals surface area (Å²) in [6, 6.07) is 7.82.